The summed E-state index contributed by atoms with van der Waals surface area (Å²) in [5.41, 5.74) is 0. The Morgan fingerprint density at radius 1 is 1.67 bits per heavy atom. The standard InChI is InChI=1S/C8H16N3O/c1-6(2)11-8(12)7-5-9-3-4-10-7/h6-7,9H,3-5H2,1-2H3,(H,11,12). The lowest BCUT2D eigenvalue weighted by Crippen LogP contribution is -2.53. The smallest absolute Gasteiger partial charge is 0.240 e. The lowest BCUT2D eigenvalue weighted by molar-refractivity contribution is -0.123. The zero-order valence-corrected chi connectivity index (χ0v) is 7.63. The lowest BCUT2D eigenvalue weighted by atomic mass is 10.2. The van der Waals surface area contributed by atoms with E-state index < -0.39 is 0 Å². The van der Waals surface area contributed by atoms with Crippen LogP contribution in [0.1, 0.15) is 13.8 Å². The van der Waals surface area contributed by atoms with Gasteiger partial charge in [-0.25, -0.2) is 5.32 Å². The Morgan fingerprint density at radius 3 is 2.92 bits per heavy atom. The molecule has 4 nitrogen and oxygen atoms in total. The van der Waals surface area contributed by atoms with E-state index >= 15 is 0 Å². The Morgan fingerprint density at radius 2 is 2.42 bits per heavy atom. The summed E-state index contributed by atoms with van der Waals surface area (Å²) in [6.45, 7) is 6.22. The van der Waals surface area contributed by atoms with Gasteiger partial charge in [0.05, 0.1) is 0 Å². The molecule has 4 heteroatoms. The van der Waals surface area contributed by atoms with Crippen molar-refractivity contribution in [2.45, 2.75) is 25.9 Å². The molecule has 1 unspecified atom stereocenters. The number of amides is 1. The maximum atomic E-state index is 11.4. The summed E-state index contributed by atoms with van der Waals surface area (Å²) in [6.07, 6.45) is 0. The first kappa shape index (κ1) is 9.48. The van der Waals surface area contributed by atoms with Gasteiger partial charge in [0.1, 0.15) is 6.04 Å². The van der Waals surface area contributed by atoms with Crippen molar-refractivity contribution in [3.05, 3.63) is 0 Å². The fourth-order valence-corrected chi connectivity index (χ4v) is 1.16. The first-order valence-electron chi connectivity index (χ1n) is 4.38. The first-order chi connectivity index (χ1) is 5.70. The van der Waals surface area contributed by atoms with E-state index in [4.69, 9.17) is 0 Å². The highest BCUT2D eigenvalue weighted by Crippen LogP contribution is 1.90. The third-order valence-corrected chi connectivity index (χ3v) is 1.71. The summed E-state index contributed by atoms with van der Waals surface area (Å²) in [6, 6.07) is 0.0239. The molecule has 1 atom stereocenters. The van der Waals surface area contributed by atoms with Crippen LogP contribution in [0.5, 0.6) is 0 Å². The highest BCUT2D eigenvalue weighted by atomic mass is 16.2. The molecule has 1 fully saturated rings. The fourth-order valence-electron chi connectivity index (χ4n) is 1.16. The van der Waals surface area contributed by atoms with Crippen LogP contribution in [0.2, 0.25) is 0 Å². The Kier molecular flexibility index (Phi) is 3.49. The largest absolute Gasteiger partial charge is 0.352 e. The normalized spacial score (nSPS) is 24.1. The number of hydrogen-bond acceptors (Lipinski definition) is 2. The molecule has 0 aromatic heterocycles. The van der Waals surface area contributed by atoms with Crippen molar-refractivity contribution in [1.29, 1.82) is 0 Å². The van der Waals surface area contributed by atoms with Gasteiger partial charge < -0.3 is 10.6 Å². The third kappa shape index (κ3) is 2.79. The van der Waals surface area contributed by atoms with Gasteiger partial charge in [0.25, 0.3) is 0 Å². The maximum absolute atomic E-state index is 11.4. The van der Waals surface area contributed by atoms with Gasteiger partial charge in [-0.1, -0.05) is 0 Å². The minimum atomic E-state index is -0.179. The summed E-state index contributed by atoms with van der Waals surface area (Å²) in [4.78, 5) is 11.4. The predicted octanol–water partition coefficient (Wildman–Crippen LogP) is -0.913. The van der Waals surface area contributed by atoms with E-state index in [1.807, 2.05) is 13.8 Å². The molecule has 1 saturated heterocycles. The first-order valence-corrected chi connectivity index (χ1v) is 4.38. The van der Waals surface area contributed by atoms with Gasteiger partial charge in [-0.05, 0) is 13.8 Å². The van der Waals surface area contributed by atoms with E-state index in [1.165, 1.54) is 0 Å². The number of carbonyl (C=O) groups excluding carboxylic acids is 1. The van der Waals surface area contributed by atoms with Crippen LogP contribution < -0.4 is 16.0 Å². The number of nitrogens with zero attached hydrogens (tertiary/aromatic N) is 1. The highest BCUT2D eigenvalue weighted by Gasteiger charge is 2.21. The Balaban J connectivity index is 2.30. The zero-order valence-electron chi connectivity index (χ0n) is 7.63. The summed E-state index contributed by atoms with van der Waals surface area (Å²) in [5.74, 6) is 0.0391. The van der Waals surface area contributed by atoms with Crippen molar-refractivity contribution in [1.82, 2.24) is 16.0 Å². The number of carbonyl (C=O) groups is 1. The van der Waals surface area contributed by atoms with Crippen LogP contribution in [-0.2, 0) is 4.79 Å². The fraction of sp³-hybridized carbons (Fsp3) is 0.875. The van der Waals surface area contributed by atoms with Crippen molar-refractivity contribution in [3.8, 4) is 0 Å². The maximum Gasteiger partial charge on any atom is 0.240 e. The molecule has 0 bridgehead atoms. The molecule has 0 aromatic carbocycles. The SMILES string of the molecule is CC(C)NC(=O)C1CNCC[N]1. The number of piperazine rings is 1. The van der Waals surface area contributed by atoms with Crippen LogP contribution in [0.15, 0.2) is 0 Å². The van der Waals surface area contributed by atoms with Gasteiger partial charge in [-0.3, -0.25) is 4.79 Å². The molecule has 2 N–H and O–H groups in total. The van der Waals surface area contributed by atoms with Crippen LogP contribution in [-0.4, -0.2) is 37.6 Å². The number of nitrogens with one attached hydrogen (secondary N) is 2. The molecule has 69 valence electrons. The van der Waals surface area contributed by atoms with Crippen molar-refractivity contribution >= 4 is 5.91 Å². The molecule has 1 radical (unpaired) electrons. The lowest BCUT2D eigenvalue weighted by Gasteiger charge is -2.22. The van der Waals surface area contributed by atoms with Gasteiger partial charge in [0.2, 0.25) is 5.91 Å². The second-order valence-electron chi connectivity index (χ2n) is 3.29. The molecule has 12 heavy (non-hydrogen) atoms. The van der Waals surface area contributed by atoms with Gasteiger partial charge in [0.15, 0.2) is 0 Å². The van der Waals surface area contributed by atoms with Crippen LogP contribution in [0.25, 0.3) is 0 Å². The van der Waals surface area contributed by atoms with Crippen molar-refractivity contribution < 1.29 is 4.79 Å². The Labute approximate surface area is 73.1 Å². The Bertz CT molecular complexity index is 152. The van der Waals surface area contributed by atoms with Gasteiger partial charge >= 0.3 is 0 Å². The topological polar surface area (TPSA) is 55.2 Å². The van der Waals surface area contributed by atoms with E-state index in [1.54, 1.807) is 0 Å². The van der Waals surface area contributed by atoms with Crippen LogP contribution in [0.3, 0.4) is 0 Å². The molecular formula is C8H16N3O. The van der Waals surface area contributed by atoms with Crippen LogP contribution in [0, 0.1) is 0 Å². The van der Waals surface area contributed by atoms with Gasteiger partial charge in [-0.15, -0.1) is 0 Å². The average molecular weight is 170 g/mol. The highest BCUT2D eigenvalue weighted by molar-refractivity contribution is 5.82. The number of rotatable bonds is 2. The minimum Gasteiger partial charge on any atom is -0.352 e. The molecule has 0 spiro atoms. The third-order valence-electron chi connectivity index (χ3n) is 1.71. The predicted molar refractivity (Wildman–Crippen MR) is 46.9 cm³/mol. The van der Waals surface area contributed by atoms with Crippen LogP contribution >= 0.6 is 0 Å². The molecule has 1 heterocycles. The average Bonchev–Trinajstić information content (AvgIpc) is 2.05. The van der Waals surface area contributed by atoms with Gasteiger partial charge in [0, 0.05) is 25.7 Å². The summed E-state index contributed by atoms with van der Waals surface area (Å²) in [5, 5.41) is 10.2. The Hall–Kier alpha value is -0.610. The van der Waals surface area contributed by atoms with Crippen molar-refractivity contribution in [2.24, 2.45) is 0 Å². The summed E-state index contributed by atoms with van der Waals surface area (Å²) >= 11 is 0. The quantitative estimate of drug-likeness (QED) is 0.563. The van der Waals surface area contributed by atoms with Gasteiger partial charge in [-0.2, -0.15) is 0 Å². The summed E-state index contributed by atoms with van der Waals surface area (Å²) < 4.78 is 0. The molecule has 0 saturated carbocycles. The van der Waals surface area contributed by atoms with E-state index in [9.17, 15) is 4.79 Å². The van der Waals surface area contributed by atoms with Crippen molar-refractivity contribution in [2.75, 3.05) is 19.6 Å². The van der Waals surface area contributed by atoms with E-state index in [0.29, 0.717) is 6.54 Å². The van der Waals surface area contributed by atoms with Crippen LogP contribution in [0.4, 0.5) is 0 Å². The van der Waals surface area contributed by atoms with E-state index in [-0.39, 0.29) is 18.0 Å². The minimum absolute atomic E-state index is 0.0391. The molecule has 0 aromatic rings. The molecular weight excluding hydrogens is 154 g/mol. The summed E-state index contributed by atoms with van der Waals surface area (Å²) in [7, 11) is 0. The van der Waals surface area contributed by atoms with E-state index in [2.05, 4.69) is 16.0 Å². The molecule has 1 rings (SSSR count). The van der Waals surface area contributed by atoms with E-state index in [0.717, 1.165) is 13.1 Å². The molecule has 1 aliphatic heterocycles. The molecule has 1 aliphatic rings. The second-order valence-corrected chi connectivity index (χ2v) is 3.29. The monoisotopic (exact) mass is 170 g/mol. The molecule has 0 aliphatic carbocycles. The number of hydrogen-bond donors (Lipinski definition) is 2. The van der Waals surface area contributed by atoms with Crippen molar-refractivity contribution in [3.63, 3.8) is 0 Å². The zero-order chi connectivity index (χ0) is 8.97. The second kappa shape index (κ2) is 4.42. The molecule has 1 amide bonds.